The quantitative estimate of drug-likeness (QED) is 0.618. The van der Waals surface area contributed by atoms with Gasteiger partial charge in [0, 0.05) is 39.4 Å². The van der Waals surface area contributed by atoms with Crippen molar-refractivity contribution in [2.45, 2.75) is 19.4 Å². The van der Waals surface area contributed by atoms with Gasteiger partial charge in [-0.3, -0.25) is 4.90 Å². The maximum absolute atomic E-state index is 5.73. The van der Waals surface area contributed by atoms with E-state index in [1.54, 1.807) is 14.2 Å². The molecule has 0 spiro atoms. The van der Waals surface area contributed by atoms with E-state index in [1.807, 2.05) is 0 Å². The van der Waals surface area contributed by atoms with Crippen molar-refractivity contribution >= 4 is 0 Å². The largest absolute Gasteiger partial charge is 0.383 e. The molecule has 0 unspecified atom stereocenters. The number of hydrogen-bond donors (Lipinski definition) is 1. The van der Waals surface area contributed by atoms with Gasteiger partial charge in [0.05, 0.1) is 13.2 Å². The van der Waals surface area contributed by atoms with Gasteiger partial charge in [0.2, 0.25) is 0 Å². The van der Waals surface area contributed by atoms with Gasteiger partial charge in [-0.1, -0.05) is 0 Å². The summed E-state index contributed by atoms with van der Waals surface area (Å²) in [4.78, 5) is 2.29. The lowest BCUT2D eigenvalue weighted by molar-refractivity contribution is 0.0551. The highest BCUT2D eigenvalue weighted by atomic mass is 16.5. The molecule has 0 aliphatic heterocycles. The molecular formula is C10H24N2O2. The predicted molar refractivity (Wildman–Crippen MR) is 58.5 cm³/mol. The number of nitrogens with zero attached hydrogens (tertiary/aromatic N) is 1. The van der Waals surface area contributed by atoms with Crippen molar-refractivity contribution in [3.8, 4) is 0 Å². The molecule has 0 radical (unpaired) electrons. The van der Waals surface area contributed by atoms with Gasteiger partial charge in [0.15, 0.2) is 0 Å². The Bertz CT molecular complexity index is 132. The SMILES string of the molecule is COCCN(CCOC)C(C)(C)CN. The Morgan fingerprint density at radius 1 is 1.07 bits per heavy atom. The maximum atomic E-state index is 5.73. The zero-order chi connectivity index (χ0) is 11.0. The minimum Gasteiger partial charge on any atom is -0.383 e. The number of hydrogen-bond acceptors (Lipinski definition) is 4. The Morgan fingerprint density at radius 3 is 1.79 bits per heavy atom. The molecule has 0 saturated carbocycles. The lowest BCUT2D eigenvalue weighted by atomic mass is 10.0. The molecule has 86 valence electrons. The van der Waals surface area contributed by atoms with Crippen LogP contribution < -0.4 is 5.73 Å². The van der Waals surface area contributed by atoms with E-state index in [4.69, 9.17) is 15.2 Å². The summed E-state index contributed by atoms with van der Waals surface area (Å²) in [5.41, 5.74) is 5.74. The molecule has 0 aliphatic carbocycles. The summed E-state index contributed by atoms with van der Waals surface area (Å²) in [5.74, 6) is 0. The molecule has 2 N–H and O–H groups in total. The van der Waals surface area contributed by atoms with Crippen LogP contribution in [0, 0.1) is 0 Å². The molecule has 0 aliphatic rings. The zero-order valence-electron chi connectivity index (χ0n) is 9.88. The van der Waals surface area contributed by atoms with Crippen LogP contribution in [-0.2, 0) is 9.47 Å². The molecule has 0 aromatic carbocycles. The average Bonchev–Trinajstić information content (AvgIpc) is 2.17. The second-order valence-corrected chi connectivity index (χ2v) is 3.99. The predicted octanol–water partition coefficient (Wildman–Crippen LogP) is 0.319. The summed E-state index contributed by atoms with van der Waals surface area (Å²) in [6.45, 7) is 8.16. The Labute approximate surface area is 87.4 Å². The van der Waals surface area contributed by atoms with E-state index in [-0.39, 0.29) is 5.54 Å². The van der Waals surface area contributed by atoms with Crippen LogP contribution in [0.3, 0.4) is 0 Å². The van der Waals surface area contributed by atoms with Crippen molar-refractivity contribution in [3.63, 3.8) is 0 Å². The zero-order valence-corrected chi connectivity index (χ0v) is 9.88. The fourth-order valence-corrected chi connectivity index (χ4v) is 1.25. The van der Waals surface area contributed by atoms with Crippen molar-refractivity contribution in [2.75, 3.05) is 47.1 Å². The Morgan fingerprint density at radius 2 is 1.50 bits per heavy atom. The topological polar surface area (TPSA) is 47.7 Å². The molecule has 4 heteroatoms. The summed E-state index contributed by atoms with van der Waals surface area (Å²) in [6.07, 6.45) is 0. The summed E-state index contributed by atoms with van der Waals surface area (Å²) in [5, 5.41) is 0. The summed E-state index contributed by atoms with van der Waals surface area (Å²) in [6, 6.07) is 0. The molecule has 4 nitrogen and oxygen atoms in total. The lowest BCUT2D eigenvalue weighted by Crippen LogP contribution is -2.51. The van der Waals surface area contributed by atoms with Gasteiger partial charge in [-0.15, -0.1) is 0 Å². The van der Waals surface area contributed by atoms with Crippen LogP contribution in [0.2, 0.25) is 0 Å². The van der Waals surface area contributed by atoms with Crippen LogP contribution in [0.15, 0.2) is 0 Å². The minimum atomic E-state index is 0.0110. The van der Waals surface area contributed by atoms with E-state index < -0.39 is 0 Å². The van der Waals surface area contributed by atoms with Crippen molar-refractivity contribution < 1.29 is 9.47 Å². The smallest absolute Gasteiger partial charge is 0.0589 e. The normalized spacial score (nSPS) is 12.4. The van der Waals surface area contributed by atoms with Crippen molar-refractivity contribution in [1.29, 1.82) is 0 Å². The average molecular weight is 204 g/mol. The molecule has 0 saturated heterocycles. The fourth-order valence-electron chi connectivity index (χ4n) is 1.25. The van der Waals surface area contributed by atoms with E-state index in [2.05, 4.69) is 18.7 Å². The second kappa shape index (κ2) is 7.17. The summed E-state index contributed by atoms with van der Waals surface area (Å²) < 4.78 is 10.1. The van der Waals surface area contributed by atoms with Crippen LogP contribution in [0.5, 0.6) is 0 Å². The lowest BCUT2D eigenvalue weighted by Gasteiger charge is -2.37. The van der Waals surface area contributed by atoms with Gasteiger partial charge in [-0.25, -0.2) is 0 Å². The Hall–Kier alpha value is -0.160. The standard InChI is InChI=1S/C10H24N2O2/c1-10(2,9-11)12(5-7-13-3)6-8-14-4/h5-9,11H2,1-4H3. The van der Waals surface area contributed by atoms with Crippen molar-refractivity contribution in [3.05, 3.63) is 0 Å². The Kier molecular flexibility index (Phi) is 7.09. The third kappa shape index (κ3) is 4.91. The van der Waals surface area contributed by atoms with Gasteiger partial charge >= 0.3 is 0 Å². The van der Waals surface area contributed by atoms with E-state index in [1.165, 1.54) is 0 Å². The number of nitrogens with two attached hydrogens (primary N) is 1. The fraction of sp³-hybridized carbons (Fsp3) is 1.00. The van der Waals surface area contributed by atoms with Gasteiger partial charge in [0.1, 0.15) is 0 Å². The molecule has 0 bridgehead atoms. The molecule has 14 heavy (non-hydrogen) atoms. The minimum absolute atomic E-state index is 0.0110. The molecule has 0 fully saturated rings. The van der Waals surface area contributed by atoms with Crippen LogP contribution in [-0.4, -0.2) is 57.5 Å². The van der Waals surface area contributed by atoms with Gasteiger partial charge in [0.25, 0.3) is 0 Å². The molecular weight excluding hydrogens is 180 g/mol. The number of rotatable bonds is 8. The Balaban J connectivity index is 4.08. The maximum Gasteiger partial charge on any atom is 0.0589 e. The molecule has 0 atom stereocenters. The molecule has 0 amide bonds. The van der Waals surface area contributed by atoms with E-state index in [9.17, 15) is 0 Å². The molecule has 0 heterocycles. The molecule has 0 aromatic heterocycles. The highest BCUT2D eigenvalue weighted by molar-refractivity contribution is 4.82. The number of methoxy groups -OCH3 is 2. The number of ether oxygens (including phenoxy) is 2. The van der Waals surface area contributed by atoms with E-state index in [0.717, 1.165) is 26.3 Å². The van der Waals surface area contributed by atoms with Crippen LogP contribution in [0.4, 0.5) is 0 Å². The van der Waals surface area contributed by atoms with Crippen LogP contribution in [0.1, 0.15) is 13.8 Å². The van der Waals surface area contributed by atoms with Gasteiger partial charge in [-0.2, -0.15) is 0 Å². The summed E-state index contributed by atoms with van der Waals surface area (Å²) in [7, 11) is 3.42. The third-order valence-corrected chi connectivity index (χ3v) is 2.49. The highest BCUT2D eigenvalue weighted by Crippen LogP contribution is 2.11. The first-order valence-corrected chi connectivity index (χ1v) is 5.01. The first kappa shape index (κ1) is 13.8. The van der Waals surface area contributed by atoms with Crippen molar-refractivity contribution in [1.82, 2.24) is 4.90 Å². The monoisotopic (exact) mass is 204 g/mol. The summed E-state index contributed by atoms with van der Waals surface area (Å²) >= 11 is 0. The first-order chi connectivity index (χ1) is 6.58. The third-order valence-electron chi connectivity index (χ3n) is 2.49. The van der Waals surface area contributed by atoms with E-state index in [0.29, 0.717) is 6.54 Å². The van der Waals surface area contributed by atoms with Crippen molar-refractivity contribution in [2.24, 2.45) is 5.73 Å². The highest BCUT2D eigenvalue weighted by Gasteiger charge is 2.24. The molecule has 0 aromatic rings. The van der Waals surface area contributed by atoms with E-state index >= 15 is 0 Å². The van der Waals surface area contributed by atoms with Crippen LogP contribution >= 0.6 is 0 Å². The van der Waals surface area contributed by atoms with Crippen LogP contribution in [0.25, 0.3) is 0 Å². The van der Waals surface area contributed by atoms with Gasteiger partial charge in [-0.05, 0) is 13.8 Å². The molecule has 0 rings (SSSR count). The van der Waals surface area contributed by atoms with Gasteiger partial charge < -0.3 is 15.2 Å². The first-order valence-electron chi connectivity index (χ1n) is 5.01. The second-order valence-electron chi connectivity index (χ2n) is 3.99.